The van der Waals surface area contributed by atoms with Crippen LogP contribution in [-0.2, 0) is 0 Å². The highest BCUT2D eigenvalue weighted by molar-refractivity contribution is 5.74. The lowest BCUT2D eigenvalue weighted by Gasteiger charge is -2.09. The molecule has 0 saturated carbocycles. The Bertz CT molecular complexity index is 640. The summed E-state index contributed by atoms with van der Waals surface area (Å²) >= 11 is 0. The molecule has 2 nitrogen and oxygen atoms in total. The molecule has 0 spiro atoms. The van der Waals surface area contributed by atoms with Gasteiger partial charge < -0.3 is 0 Å². The van der Waals surface area contributed by atoms with E-state index in [1.807, 2.05) is 18.2 Å². The van der Waals surface area contributed by atoms with Gasteiger partial charge in [0.25, 0.3) is 0 Å². The summed E-state index contributed by atoms with van der Waals surface area (Å²) in [6.07, 6.45) is 10.7. The van der Waals surface area contributed by atoms with E-state index < -0.39 is 0 Å². The summed E-state index contributed by atoms with van der Waals surface area (Å²) in [5, 5.41) is 0. The van der Waals surface area contributed by atoms with Crippen molar-refractivity contribution < 1.29 is 0 Å². The van der Waals surface area contributed by atoms with Gasteiger partial charge in [-0.3, -0.25) is 4.98 Å². The van der Waals surface area contributed by atoms with Crippen molar-refractivity contribution in [1.82, 2.24) is 9.97 Å². The zero-order valence-corrected chi connectivity index (χ0v) is 11.0. The fourth-order valence-electron chi connectivity index (χ4n) is 2.26. The zero-order valence-electron chi connectivity index (χ0n) is 11.0. The third-order valence-corrected chi connectivity index (χ3v) is 3.19. The molecule has 3 rings (SSSR count). The lowest BCUT2D eigenvalue weighted by molar-refractivity contribution is 1.04. The first-order valence-electron chi connectivity index (χ1n) is 6.60. The van der Waals surface area contributed by atoms with E-state index in [1.165, 1.54) is 11.1 Å². The van der Waals surface area contributed by atoms with E-state index in [2.05, 4.69) is 42.3 Å². The van der Waals surface area contributed by atoms with Gasteiger partial charge in [0, 0.05) is 6.20 Å². The molecule has 1 aliphatic rings. The van der Waals surface area contributed by atoms with E-state index in [4.69, 9.17) is 4.98 Å². The maximum absolute atomic E-state index is 4.75. The summed E-state index contributed by atoms with van der Waals surface area (Å²) in [7, 11) is 0. The predicted molar refractivity (Wildman–Crippen MR) is 78.6 cm³/mol. The molecule has 0 atom stereocenters. The van der Waals surface area contributed by atoms with Crippen LogP contribution in [0.5, 0.6) is 0 Å². The molecule has 2 aromatic rings. The summed E-state index contributed by atoms with van der Waals surface area (Å²) in [5.74, 6) is 0. The highest BCUT2D eigenvalue weighted by Gasteiger charge is 2.07. The topological polar surface area (TPSA) is 25.8 Å². The Morgan fingerprint density at radius 3 is 2.63 bits per heavy atom. The van der Waals surface area contributed by atoms with Crippen molar-refractivity contribution in [2.24, 2.45) is 0 Å². The second-order valence-electron chi connectivity index (χ2n) is 4.77. The molecule has 0 saturated heterocycles. The molecule has 2 heteroatoms. The lowest BCUT2D eigenvalue weighted by Crippen LogP contribution is -1.95. The molecule has 0 fully saturated rings. The Hall–Kier alpha value is -2.22. The Kier molecular flexibility index (Phi) is 3.23. The average Bonchev–Trinajstić information content (AvgIpc) is 2.48. The molecule has 19 heavy (non-hydrogen) atoms. The van der Waals surface area contributed by atoms with E-state index in [0.717, 1.165) is 29.9 Å². The summed E-state index contributed by atoms with van der Waals surface area (Å²) in [4.78, 5) is 9.12. The van der Waals surface area contributed by atoms with Gasteiger partial charge >= 0.3 is 0 Å². The van der Waals surface area contributed by atoms with Crippen molar-refractivity contribution in [3.8, 4) is 11.4 Å². The molecule has 0 radical (unpaired) electrons. The molecule has 0 aromatic carbocycles. The standard InChI is InChI=1S/C17H16N2/c1-13-11-16(14-7-3-2-4-8-14)19-17(12-13)15-9-5-6-10-18-15/h3,5-12H,2,4H2,1H3. The highest BCUT2D eigenvalue weighted by Crippen LogP contribution is 2.24. The van der Waals surface area contributed by atoms with Crippen LogP contribution in [0.15, 0.2) is 54.8 Å². The largest absolute Gasteiger partial charge is 0.255 e. The first-order chi connectivity index (χ1) is 9.33. The molecular weight excluding hydrogens is 232 g/mol. The van der Waals surface area contributed by atoms with Crippen LogP contribution in [0.2, 0.25) is 0 Å². The summed E-state index contributed by atoms with van der Waals surface area (Å²) in [6.45, 7) is 2.10. The van der Waals surface area contributed by atoms with Crippen molar-refractivity contribution >= 4 is 5.57 Å². The monoisotopic (exact) mass is 248 g/mol. The van der Waals surface area contributed by atoms with Crippen molar-refractivity contribution in [2.75, 3.05) is 0 Å². The van der Waals surface area contributed by atoms with Crippen LogP contribution in [0.4, 0.5) is 0 Å². The minimum Gasteiger partial charge on any atom is -0.255 e. The van der Waals surface area contributed by atoms with Gasteiger partial charge in [0.15, 0.2) is 0 Å². The SMILES string of the molecule is Cc1cc(C2=CCCC=C2)nc(-c2ccccn2)c1. The average molecular weight is 248 g/mol. The van der Waals surface area contributed by atoms with Crippen molar-refractivity contribution in [1.29, 1.82) is 0 Å². The summed E-state index contributed by atoms with van der Waals surface area (Å²) < 4.78 is 0. The summed E-state index contributed by atoms with van der Waals surface area (Å²) in [5.41, 5.74) is 5.33. The molecule has 2 aromatic heterocycles. The molecular formula is C17H16N2. The number of hydrogen-bond acceptors (Lipinski definition) is 2. The van der Waals surface area contributed by atoms with Crippen molar-refractivity contribution in [3.63, 3.8) is 0 Å². The molecule has 0 bridgehead atoms. The van der Waals surface area contributed by atoms with E-state index in [0.29, 0.717) is 0 Å². The van der Waals surface area contributed by atoms with Crippen LogP contribution in [0.1, 0.15) is 24.1 Å². The molecule has 0 aliphatic heterocycles. The van der Waals surface area contributed by atoms with Crippen LogP contribution in [0.3, 0.4) is 0 Å². The second kappa shape index (κ2) is 5.19. The number of hydrogen-bond donors (Lipinski definition) is 0. The van der Waals surface area contributed by atoms with E-state index >= 15 is 0 Å². The van der Waals surface area contributed by atoms with E-state index in [1.54, 1.807) is 6.20 Å². The van der Waals surface area contributed by atoms with Crippen molar-refractivity contribution in [3.05, 3.63) is 66.0 Å². The lowest BCUT2D eigenvalue weighted by atomic mass is 10.0. The van der Waals surface area contributed by atoms with Crippen LogP contribution in [0.25, 0.3) is 17.0 Å². The van der Waals surface area contributed by atoms with Crippen LogP contribution < -0.4 is 0 Å². The van der Waals surface area contributed by atoms with Crippen LogP contribution in [0, 0.1) is 6.92 Å². The third-order valence-electron chi connectivity index (χ3n) is 3.19. The number of aromatic nitrogens is 2. The van der Waals surface area contributed by atoms with Gasteiger partial charge in [0.2, 0.25) is 0 Å². The Balaban J connectivity index is 2.06. The fourth-order valence-corrected chi connectivity index (χ4v) is 2.26. The molecule has 0 amide bonds. The first-order valence-corrected chi connectivity index (χ1v) is 6.60. The number of rotatable bonds is 2. The predicted octanol–water partition coefficient (Wildman–Crippen LogP) is 4.19. The highest BCUT2D eigenvalue weighted by atomic mass is 14.8. The molecule has 0 N–H and O–H groups in total. The molecule has 0 unspecified atom stereocenters. The second-order valence-corrected chi connectivity index (χ2v) is 4.77. The van der Waals surface area contributed by atoms with Gasteiger partial charge in [-0.1, -0.05) is 24.3 Å². The first kappa shape index (κ1) is 11.8. The number of aryl methyl sites for hydroxylation is 1. The Morgan fingerprint density at radius 1 is 1.00 bits per heavy atom. The quantitative estimate of drug-likeness (QED) is 0.796. The zero-order chi connectivity index (χ0) is 13.1. The van der Waals surface area contributed by atoms with Gasteiger partial charge in [-0.2, -0.15) is 0 Å². The number of nitrogens with zero attached hydrogens (tertiary/aromatic N) is 2. The van der Waals surface area contributed by atoms with Crippen molar-refractivity contribution in [2.45, 2.75) is 19.8 Å². The van der Waals surface area contributed by atoms with E-state index in [9.17, 15) is 0 Å². The Labute approximate surface area is 113 Å². The van der Waals surface area contributed by atoms with Gasteiger partial charge in [0.1, 0.15) is 0 Å². The maximum atomic E-state index is 4.75. The minimum absolute atomic E-state index is 0.924. The third kappa shape index (κ3) is 2.63. The summed E-state index contributed by atoms with van der Waals surface area (Å²) in [6, 6.07) is 10.1. The molecule has 1 aliphatic carbocycles. The van der Waals surface area contributed by atoms with Gasteiger partial charge in [-0.05, 0) is 55.2 Å². The fraction of sp³-hybridized carbons (Fsp3) is 0.176. The number of pyridine rings is 2. The van der Waals surface area contributed by atoms with Crippen LogP contribution in [-0.4, -0.2) is 9.97 Å². The van der Waals surface area contributed by atoms with Gasteiger partial charge in [0.05, 0.1) is 17.1 Å². The maximum Gasteiger partial charge on any atom is 0.0896 e. The normalized spacial score (nSPS) is 14.3. The Morgan fingerprint density at radius 2 is 1.89 bits per heavy atom. The number of allylic oxidation sites excluding steroid dienone is 4. The molecule has 2 heterocycles. The van der Waals surface area contributed by atoms with E-state index in [-0.39, 0.29) is 0 Å². The smallest absolute Gasteiger partial charge is 0.0896 e. The van der Waals surface area contributed by atoms with Crippen LogP contribution >= 0.6 is 0 Å². The van der Waals surface area contributed by atoms with Gasteiger partial charge in [-0.25, -0.2) is 4.98 Å². The van der Waals surface area contributed by atoms with Gasteiger partial charge in [-0.15, -0.1) is 0 Å². The molecule has 94 valence electrons. The minimum atomic E-state index is 0.924.